The summed E-state index contributed by atoms with van der Waals surface area (Å²) in [5.74, 6) is -0.194. The molecule has 0 bridgehead atoms. The molecule has 7 heteroatoms. The lowest BCUT2D eigenvalue weighted by Crippen LogP contribution is -2.41. The van der Waals surface area contributed by atoms with Gasteiger partial charge in [0.2, 0.25) is 5.91 Å². The molecule has 1 heterocycles. The van der Waals surface area contributed by atoms with E-state index in [1.165, 1.54) is 22.3 Å². The number of para-hydroxylation sites is 1. The van der Waals surface area contributed by atoms with Crippen LogP contribution in [0, 0.1) is 5.82 Å². The SMILES string of the molecule is CCN(CC)C(=O)CN(C)C(=O)c1sc2cccc(F)c2c1COc1ccccc1. The highest BCUT2D eigenvalue weighted by Crippen LogP contribution is 2.34. The van der Waals surface area contributed by atoms with E-state index >= 15 is 0 Å². The van der Waals surface area contributed by atoms with Crippen LogP contribution >= 0.6 is 11.3 Å². The Balaban J connectivity index is 1.91. The highest BCUT2D eigenvalue weighted by atomic mass is 32.1. The van der Waals surface area contributed by atoms with E-state index in [1.807, 2.05) is 32.0 Å². The Morgan fingerprint density at radius 2 is 1.73 bits per heavy atom. The van der Waals surface area contributed by atoms with Gasteiger partial charge in [-0.05, 0) is 38.1 Å². The van der Waals surface area contributed by atoms with Gasteiger partial charge in [-0.25, -0.2) is 4.39 Å². The van der Waals surface area contributed by atoms with Crippen LogP contribution in [-0.2, 0) is 11.4 Å². The van der Waals surface area contributed by atoms with E-state index in [2.05, 4.69) is 0 Å². The molecule has 0 aliphatic rings. The van der Waals surface area contributed by atoms with Crippen molar-refractivity contribution in [3.63, 3.8) is 0 Å². The number of benzene rings is 2. The summed E-state index contributed by atoms with van der Waals surface area (Å²) in [6.07, 6.45) is 0. The van der Waals surface area contributed by atoms with E-state index in [4.69, 9.17) is 4.74 Å². The van der Waals surface area contributed by atoms with Crippen molar-refractivity contribution in [2.75, 3.05) is 26.7 Å². The summed E-state index contributed by atoms with van der Waals surface area (Å²) in [6.45, 7) is 5.00. The quantitative estimate of drug-likeness (QED) is 0.529. The minimum absolute atomic E-state index is 0.0315. The minimum atomic E-state index is -0.392. The predicted molar refractivity (Wildman–Crippen MR) is 117 cm³/mol. The number of carbonyl (C=O) groups is 2. The second-order valence-electron chi connectivity index (χ2n) is 6.85. The smallest absolute Gasteiger partial charge is 0.264 e. The molecule has 5 nitrogen and oxygen atoms in total. The molecule has 0 saturated heterocycles. The third-order valence-corrected chi connectivity index (χ3v) is 6.10. The van der Waals surface area contributed by atoms with Crippen LogP contribution < -0.4 is 4.74 Å². The van der Waals surface area contributed by atoms with Gasteiger partial charge in [0.05, 0.1) is 11.4 Å². The average molecular weight is 429 g/mol. The van der Waals surface area contributed by atoms with Crippen molar-refractivity contribution in [1.82, 2.24) is 9.80 Å². The number of halogens is 1. The summed E-state index contributed by atoms with van der Waals surface area (Å²) in [5.41, 5.74) is 0.504. The Morgan fingerprint density at radius 1 is 1.03 bits per heavy atom. The lowest BCUT2D eigenvalue weighted by Gasteiger charge is -2.23. The van der Waals surface area contributed by atoms with Gasteiger partial charge in [0.25, 0.3) is 5.91 Å². The Kier molecular flexibility index (Phi) is 7.05. The first-order valence-electron chi connectivity index (χ1n) is 9.87. The summed E-state index contributed by atoms with van der Waals surface area (Å²) in [6, 6.07) is 14.0. The average Bonchev–Trinajstić information content (AvgIpc) is 3.13. The summed E-state index contributed by atoms with van der Waals surface area (Å²) in [4.78, 5) is 29.1. The first-order valence-corrected chi connectivity index (χ1v) is 10.7. The molecule has 30 heavy (non-hydrogen) atoms. The second-order valence-corrected chi connectivity index (χ2v) is 7.90. The lowest BCUT2D eigenvalue weighted by atomic mass is 10.1. The first kappa shape index (κ1) is 21.8. The third-order valence-electron chi connectivity index (χ3n) is 4.92. The van der Waals surface area contributed by atoms with Gasteiger partial charge in [-0.3, -0.25) is 9.59 Å². The molecule has 0 spiro atoms. The Labute approximate surface area is 179 Å². The summed E-state index contributed by atoms with van der Waals surface area (Å²) >= 11 is 1.22. The van der Waals surface area contributed by atoms with Crippen molar-refractivity contribution in [2.24, 2.45) is 0 Å². The number of likely N-dealkylation sites (N-methyl/N-ethyl adjacent to an activating group) is 2. The Bertz CT molecular complexity index is 1030. The van der Waals surface area contributed by atoms with Crippen LogP contribution in [0.2, 0.25) is 0 Å². The zero-order valence-electron chi connectivity index (χ0n) is 17.4. The second kappa shape index (κ2) is 9.71. The van der Waals surface area contributed by atoms with Gasteiger partial charge in [0.15, 0.2) is 0 Å². The maximum atomic E-state index is 14.6. The molecule has 2 aromatic carbocycles. The molecule has 0 N–H and O–H groups in total. The van der Waals surface area contributed by atoms with Crippen LogP contribution in [-0.4, -0.2) is 48.3 Å². The van der Waals surface area contributed by atoms with E-state index < -0.39 is 5.82 Å². The van der Waals surface area contributed by atoms with Crippen molar-refractivity contribution in [3.8, 4) is 5.75 Å². The molecule has 0 atom stereocenters. The molecule has 0 fully saturated rings. The molecule has 3 aromatic rings. The van der Waals surface area contributed by atoms with Gasteiger partial charge in [-0.2, -0.15) is 0 Å². The van der Waals surface area contributed by atoms with E-state index in [1.54, 1.807) is 36.2 Å². The van der Waals surface area contributed by atoms with Crippen molar-refractivity contribution in [3.05, 3.63) is 64.8 Å². The van der Waals surface area contributed by atoms with Crippen molar-refractivity contribution < 1.29 is 18.7 Å². The molecular weight excluding hydrogens is 403 g/mol. The Morgan fingerprint density at radius 3 is 2.40 bits per heavy atom. The highest BCUT2D eigenvalue weighted by molar-refractivity contribution is 7.21. The van der Waals surface area contributed by atoms with Crippen molar-refractivity contribution >= 4 is 33.2 Å². The normalized spacial score (nSPS) is 10.8. The van der Waals surface area contributed by atoms with Gasteiger partial charge < -0.3 is 14.5 Å². The van der Waals surface area contributed by atoms with Crippen LogP contribution in [0.25, 0.3) is 10.1 Å². The number of nitrogens with zero attached hydrogens (tertiary/aromatic N) is 2. The largest absolute Gasteiger partial charge is 0.489 e. The molecule has 158 valence electrons. The number of carbonyl (C=O) groups excluding carboxylic acids is 2. The number of ether oxygens (including phenoxy) is 1. The molecule has 1 aromatic heterocycles. The summed E-state index contributed by atoms with van der Waals surface area (Å²) < 4.78 is 21.1. The van der Waals surface area contributed by atoms with Gasteiger partial charge in [-0.1, -0.05) is 24.3 Å². The van der Waals surface area contributed by atoms with Crippen LogP contribution in [0.1, 0.15) is 29.1 Å². The van der Waals surface area contributed by atoms with Gasteiger partial charge in [0, 0.05) is 35.8 Å². The van der Waals surface area contributed by atoms with Crippen LogP contribution in [0.5, 0.6) is 5.75 Å². The number of rotatable bonds is 8. The zero-order chi connectivity index (χ0) is 21.7. The molecule has 0 aliphatic heterocycles. The highest BCUT2D eigenvalue weighted by Gasteiger charge is 2.25. The minimum Gasteiger partial charge on any atom is -0.489 e. The first-order chi connectivity index (χ1) is 14.5. The van der Waals surface area contributed by atoms with Crippen molar-refractivity contribution in [2.45, 2.75) is 20.5 Å². The molecule has 0 saturated carbocycles. The zero-order valence-corrected chi connectivity index (χ0v) is 18.2. The number of hydrogen-bond donors (Lipinski definition) is 0. The fourth-order valence-electron chi connectivity index (χ4n) is 3.27. The van der Waals surface area contributed by atoms with Crippen LogP contribution in [0.15, 0.2) is 48.5 Å². The van der Waals surface area contributed by atoms with E-state index in [0.29, 0.717) is 39.4 Å². The molecule has 0 aliphatic carbocycles. The monoisotopic (exact) mass is 428 g/mol. The molecule has 2 amide bonds. The molecule has 3 rings (SSSR count). The lowest BCUT2D eigenvalue weighted by molar-refractivity contribution is -0.131. The van der Waals surface area contributed by atoms with Gasteiger partial charge in [-0.15, -0.1) is 11.3 Å². The standard InChI is InChI=1S/C23H25FN2O3S/c1-4-26(5-2)20(27)14-25(3)23(28)22-17(15-29-16-10-7-6-8-11-16)21-18(24)12-9-13-19(21)30-22/h6-13H,4-5,14-15H2,1-3H3. The van der Waals surface area contributed by atoms with E-state index in [9.17, 15) is 14.0 Å². The fraction of sp³-hybridized carbons (Fsp3) is 0.304. The number of thiophene rings is 1. The van der Waals surface area contributed by atoms with E-state index in [-0.39, 0.29) is 25.0 Å². The maximum absolute atomic E-state index is 14.6. The van der Waals surface area contributed by atoms with Gasteiger partial charge in [0.1, 0.15) is 18.2 Å². The number of hydrogen-bond acceptors (Lipinski definition) is 4. The van der Waals surface area contributed by atoms with Crippen molar-refractivity contribution in [1.29, 1.82) is 0 Å². The number of fused-ring (bicyclic) bond motifs is 1. The van der Waals surface area contributed by atoms with Crippen LogP contribution in [0.4, 0.5) is 4.39 Å². The molecule has 0 unspecified atom stereocenters. The third kappa shape index (κ3) is 4.62. The Hall–Kier alpha value is -2.93. The topological polar surface area (TPSA) is 49.9 Å². The van der Waals surface area contributed by atoms with Gasteiger partial charge >= 0.3 is 0 Å². The number of amides is 2. The fourth-order valence-corrected chi connectivity index (χ4v) is 4.49. The van der Waals surface area contributed by atoms with E-state index in [0.717, 1.165) is 0 Å². The molecule has 0 radical (unpaired) electrons. The molecular formula is C23H25FN2O3S. The predicted octanol–water partition coefficient (Wildman–Crippen LogP) is 4.56. The summed E-state index contributed by atoms with van der Waals surface area (Å²) in [5, 5.41) is 0.394. The maximum Gasteiger partial charge on any atom is 0.264 e. The van der Waals surface area contributed by atoms with Crippen LogP contribution in [0.3, 0.4) is 0 Å². The summed E-state index contributed by atoms with van der Waals surface area (Å²) in [7, 11) is 1.59.